The highest BCUT2D eigenvalue weighted by Gasteiger charge is 2.39. The Balaban J connectivity index is 1.81. The third-order valence-electron chi connectivity index (χ3n) is 5.69. The number of fused-ring (bicyclic) bond motifs is 1. The van der Waals surface area contributed by atoms with Gasteiger partial charge in [-0.05, 0) is 54.8 Å². The first-order valence-electron chi connectivity index (χ1n) is 10.7. The molecule has 0 atom stereocenters. The molecule has 0 saturated carbocycles. The molecule has 0 bridgehead atoms. The minimum atomic E-state index is -4.91. The van der Waals surface area contributed by atoms with Crippen molar-refractivity contribution in [3.05, 3.63) is 87.3 Å². The Hall–Kier alpha value is -3.94. The molecular weight excluding hydrogens is 461 g/mol. The van der Waals surface area contributed by atoms with Crippen LogP contribution in [0.3, 0.4) is 0 Å². The molecule has 5 nitrogen and oxygen atoms in total. The number of rotatable bonds is 6. The van der Waals surface area contributed by atoms with Crippen LogP contribution in [0.5, 0.6) is 17.2 Å². The second-order valence-electron chi connectivity index (χ2n) is 8.08. The first-order chi connectivity index (χ1) is 16.6. The van der Waals surface area contributed by atoms with Gasteiger partial charge < -0.3 is 18.6 Å². The highest BCUT2D eigenvalue weighted by atomic mass is 19.4. The van der Waals surface area contributed by atoms with Gasteiger partial charge >= 0.3 is 6.18 Å². The van der Waals surface area contributed by atoms with E-state index in [2.05, 4.69) is 0 Å². The Labute approximate surface area is 199 Å². The molecule has 0 radical (unpaired) electrons. The lowest BCUT2D eigenvalue weighted by Gasteiger charge is -2.15. The summed E-state index contributed by atoms with van der Waals surface area (Å²) < 4.78 is 63.4. The fourth-order valence-corrected chi connectivity index (χ4v) is 3.83. The summed E-state index contributed by atoms with van der Waals surface area (Å²) in [6.45, 7) is 4.13. The molecule has 0 aliphatic carbocycles. The zero-order chi connectivity index (χ0) is 25.3. The third-order valence-corrected chi connectivity index (χ3v) is 5.69. The van der Waals surface area contributed by atoms with Crippen LogP contribution in [0.15, 0.2) is 63.8 Å². The largest absolute Gasteiger partial charge is 0.493 e. The van der Waals surface area contributed by atoms with Gasteiger partial charge in [-0.2, -0.15) is 13.2 Å². The van der Waals surface area contributed by atoms with Crippen LogP contribution < -0.4 is 19.6 Å². The number of benzene rings is 3. The molecular formula is C27H23F3O5. The molecule has 0 saturated heterocycles. The van der Waals surface area contributed by atoms with Gasteiger partial charge in [0, 0.05) is 6.07 Å². The van der Waals surface area contributed by atoms with Gasteiger partial charge in [0.15, 0.2) is 11.5 Å². The summed E-state index contributed by atoms with van der Waals surface area (Å²) in [5, 5.41) is 0.00173. The van der Waals surface area contributed by atoms with Crippen molar-refractivity contribution < 1.29 is 31.8 Å². The van der Waals surface area contributed by atoms with Gasteiger partial charge in [-0.15, -0.1) is 0 Å². The van der Waals surface area contributed by atoms with Gasteiger partial charge in [0.05, 0.1) is 25.2 Å². The lowest BCUT2D eigenvalue weighted by molar-refractivity contribution is -0.152. The maximum absolute atomic E-state index is 14.0. The minimum Gasteiger partial charge on any atom is -0.493 e. The van der Waals surface area contributed by atoms with Gasteiger partial charge in [-0.1, -0.05) is 29.8 Å². The van der Waals surface area contributed by atoms with Crippen molar-refractivity contribution in [3.63, 3.8) is 0 Å². The van der Waals surface area contributed by atoms with E-state index in [1.54, 1.807) is 0 Å². The number of aryl methyl sites for hydroxylation is 2. The first kappa shape index (κ1) is 24.2. The molecule has 0 aliphatic rings. The number of alkyl halides is 3. The summed E-state index contributed by atoms with van der Waals surface area (Å²) >= 11 is 0. The third kappa shape index (κ3) is 4.82. The zero-order valence-electron chi connectivity index (χ0n) is 19.6. The van der Waals surface area contributed by atoms with Crippen LogP contribution in [-0.4, -0.2) is 14.2 Å². The van der Waals surface area contributed by atoms with Gasteiger partial charge in [0.25, 0.3) is 0 Å². The SMILES string of the molecule is COc1ccc(-c2c(C(F)(F)F)oc3cc(OCc4cc(C)ccc4C)ccc3c2=O)cc1OC. The highest BCUT2D eigenvalue weighted by Crippen LogP contribution is 2.40. The number of halogens is 3. The Morgan fingerprint density at radius 2 is 1.63 bits per heavy atom. The number of hydrogen-bond acceptors (Lipinski definition) is 5. The second-order valence-corrected chi connectivity index (χ2v) is 8.08. The van der Waals surface area contributed by atoms with Crippen LogP contribution in [0.25, 0.3) is 22.1 Å². The summed E-state index contributed by atoms with van der Waals surface area (Å²) in [7, 11) is 2.76. The molecule has 4 aromatic rings. The van der Waals surface area contributed by atoms with E-state index in [1.807, 2.05) is 32.0 Å². The molecule has 0 unspecified atom stereocenters. The quantitative estimate of drug-likeness (QED) is 0.305. The monoisotopic (exact) mass is 484 g/mol. The topological polar surface area (TPSA) is 57.9 Å². The van der Waals surface area contributed by atoms with E-state index in [4.69, 9.17) is 18.6 Å². The van der Waals surface area contributed by atoms with Crippen LogP contribution in [0.2, 0.25) is 0 Å². The van der Waals surface area contributed by atoms with E-state index in [9.17, 15) is 18.0 Å². The van der Waals surface area contributed by atoms with E-state index >= 15 is 0 Å². The molecule has 0 N–H and O–H groups in total. The number of methoxy groups -OCH3 is 2. The molecule has 8 heteroatoms. The number of ether oxygens (including phenoxy) is 3. The van der Waals surface area contributed by atoms with Crippen LogP contribution >= 0.6 is 0 Å². The van der Waals surface area contributed by atoms with Crippen LogP contribution in [0, 0.1) is 13.8 Å². The summed E-state index contributed by atoms with van der Waals surface area (Å²) in [6.07, 6.45) is -4.91. The minimum absolute atomic E-state index is 0.000809. The first-order valence-corrected chi connectivity index (χ1v) is 10.7. The zero-order valence-corrected chi connectivity index (χ0v) is 19.6. The average Bonchev–Trinajstić information content (AvgIpc) is 2.83. The smallest absolute Gasteiger partial charge is 0.450 e. The van der Waals surface area contributed by atoms with Gasteiger partial charge in [-0.3, -0.25) is 4.79 Å². The molecule has 35 heavy (non-hydrogen) atoms. The molecule has 0 fully saturated rings. The van der Waals surface area contributed by atoms with E-state index < -0.39 is 22.9 Å². The Morgan fingerprint density at radius 3 is 2.31 bits per heavy atom. The van der Waals surface area contributed by atoms with E-state index in [0.29, 0.717) is 5.75 Å². The van der Waals surface area contributed by atoms with Crippen molar-refractivity contribution in [2.75, 3.05) is 14.2 Å². The molecule has 0 aliphatic heterocycles. The number of hydrogen-bond donors (Lipinski definition) is 0. The fraction of sp³-hybridized carbons (Fsp3) is 0.222. The maximum Gasteiger partial charge on any atom is 0.450 e. The lowest BCUT2D eigenvalue weighted by Crippen LogP contribution is -2.16. The normalized spacial score (nSPS) is 11.5. The van der Waals surface area contributed by atoms with Crippen molar-refractivity contribution in [3.8, 4) is 28.4 Å². The summed E-state index contributed by atoms with van der Waals surface area (Å²) in [4.78, 5) is 13.3. The Kier molecular flexibility index (Phi) is 6.47. The van der Waals surface area contributed by atoms with Crippen molar-refractivity contribution >= 4 is 11.0 Å². The molecule has 182 valence electrons. The van der Waals surface area contributed by atoms with E-state index in [-0.39, 0.29) is 34.6 Å². The predicted molar refractivity (Wildman–Crippen MR) is 126 cm³/mol. The van der Waals surface area contributed by atoms with Crippen molar-refractivity contribution in [1.82, 2.24) is 0 Å². The average molecular weight is 484 g/mol. The summed E-state index contributed by atoms with van der Waals surface area (Å²) in [6, 6.07) is 14.3. The Morgan fingerprint density at radius 1 is 0.886 bits per heavy atom. The van der Waals surface area contributed by atoms with Crippen LogP contribution in [0.4, 0.5) is 13.2 Å². The van der Waals surface area contributed by atoms with Gasteiger partial charge in [-0.25, -0.2) is 0 Å². The highest BCUT2D eigenvalue weighted by molar-refractivity contribution is 5.84. The van der Waals surface area contributed by atoms with Crippen molar-refractivity contribution in [2.45, 2.75) is 26.6 Å². The Bertz CT molecular complexity index is 1450. The van der Waals surface area contributed by atoms with E-state index in [1.165, 1.54) is 50.6 Å². The fourth-order valence-electron chi connectivity index (χ4n) is 3.83. The lowest BCUT2D eigenvalue weighted by atomic mass is 10.0. The molecule has 0 amide bonds. The van der Waals surface area contributed by atoms with Gasteiger partial charge in [0.2, 0.25) is 11.2 Å². The van der Waals surface area contributed by atoms with Crippen LogP contribution in [0.1, 0.15) is 22.5 Å². The van der Waals surface area contributed by atoms with Crippen molar-refractivity contribution in [2.24, 2.45) is 0 Å². The maximum atomic E-state index is 14.0. The standard InChI is InChI=1S/C27H23F3O5/c1-15-5-6-16(2)18(11-15)14-34-19-8-9-20-22(13-19)35-26(27(28,29)30)24(25(20)31)17-7-10-21(32-3)23(12-17)33-4/h5-13H,14H2,1-4H3. The summed E-state index contributed by atoms with van der Waals surface area (Å²) in [5.74, 6) is -0.601. The van der Waals surface area contributed by atoms with Crippen LogP contribution in [-0.2, 0) is 12.8 Å². The second kappa shape index (κ2) is 9.37. The van der Waals surface area contributed by atoms with Crippen molar-refractivity contribution in [1.29, 1.82) is 0 Å². The molecule has 1 heterocycles. The van der Waals surface area contributed by atoms with E-state index in [0.717, 1.165) is 16.7 Å². The predicted octanol–water partition coefficient (Wildman–Crippen LogP) is 6.69. The molecule has 0 spiro atoms. The molecule has 4 rings (SSSR count). The molecule has 1 aromatic heterocycles. The van der Waals surface area contributed by atoms with Gasteiger partial charge in [0.1, 0.15) is 17.9 Å². The summed E-state index contributed by atoms with van der Waals surface area (Å²) in [5.41, 5.74) is 1.41. The molecule has 3 aromatic carbocycles.